The first kappa shape index (κ1) is 24.1. The van der Waals surface area contributed by atoms with Gasteiger partial charge in [0.1, 0.15) is 0 Å². The van der Waals surface area contributed by atoms with Crippen LogP contribution in [0.4, 0.5) is 5.69 Å². The quantitative estimate of drug-likeness (QED) is 0.291. The molecule has 0 saturated carbocycles. The van der Waals surface area contributed by atoms with E-state index in [1.807, 2.05) is 30.5 Å². The zero-order valence-corrected chi connectivity index (χ0v) is 20.2. The summed E-state index contributed by atoms with van der Waals surface area (Å²) in [5, 5.41) is 9.72. The number of anilines is 1. The van der Waals surface area contributed by atoms with Crippen LogP contribution in [0.3, 0.4) is 0 Å². The number of benzene rings is 1. The first-order valence-corrected chi connectivity index (χ1v) is 10.4. The fraction of sp³-hybridized carbons (Fsp3) is 0.435. The summed E-state index contributed by atoms with van der Waals surface area (Å²) in [5.74, 6) is 1.74. The van der Waals surface area contributed by atoms with Gasteiger partial charge in [-0.2, -0.15) is 0 Å². The maximum atomic E-state index is 12.1. The van der Waals surface area contributed by atoms with Gasteiger partial charge in [-0.15, -0.1) is 24.0 Å². The van der Waals surface area contributed by atoms with Crippen molar-refractivity contribution in [3.05, 3.63) is 59.9 Å². The first-order chi connectivity index (χ1) is 14.1. The van der Waals surface area contributed by atoms with Gasteiger partial charge in [0, 0.05) is 56.0 Å². The summed E-state index contributed by atoms with van der Waals surface area (Å²) in [4.78, 5) is 21.2. The van der Waals surface area contributed by atoms with Crippen LogP contribution in [-0.2, 0) is 4.79 Å². The maximum Gasteiger partial charge on any atom is 0.225 e. The number of halogens is 1. The van der Waals surface area contributed by atoms with Crippen LogP contribution in [0.15, 0.2) is 53.8 Å². The lowest BCUT2D eigenvalue weighted by atomic mass is 9.89. The Morgan fingerprint density at radius 3 is 2.73 bits per heavy atom. The van der Waals surface area contributed by atoms with Gasteiger partial charge in [0.15, 0.2) is 5.96 Å². The van der Waals surface area contributed by atoms with E-state index in [1.165, 1.54) is 11.1 Å². The zero-order valence-electron chi connectivity index (χ0n) is 17.9. The number of rotatable bonds is 7. The normalized spacial score (nSPS) is 16.9. The summed E-state index contributed by atoms with van der Waals surface area (Å²) in [6.07, 6.45) is 4.21. The molecule has 2 unspecified atom stereocenters. The van der Waals surface area contributed by atoms with Gasteiger partial charge < -0.3 is 16.0 Å². The molecule has 162 valence electrons. The fourth-order valence-electron chi connectivity index (χ4n) is 3.73. The summed E-state index contributed by atoms with van der Waals surface area (Å²) in [6.45, 7) is 8.61. The zero-order chi connectivity index (χ0) is 20.6. The number of para-hydroxylation sites is 1. The van der Waals surface area contributed by atoms with Crippen molar-refractivity contribution in [1.82, 2.24) is 15.6 Å². The molecule has 0 fully saturated rings. The van der Waals surface area contributed by atoms with E-state index in [4.69, 9.17) is 4.99 Å². The first-order valence-electron chi connectivity index (χ1n) is 10.4. The third-order valence-corrected chi connectivity index (χ3v) is 5.33. The number of pyridine rings is 1. The summed E-state index contributed by atoms with van der Waals surface area (Å²) in [6, 6.07) is 12.1. The van der Waals surface area contributed by atoms with Crippen molar-refractivity contribution in [2.75, 3.05) is 25.0 Å². The third kappa shape index (κ3) is 6.42. The molecule has 3 N–H and O–H groups in total. The SMILES string of the molecule is CCNC(=NCC(c1cccnc1)C(C)C)NCC1CC(=O)Nc2ccccc21.I. The van der Waals surface area contributed by atoms with Crippen LogP contribution in [-0.4, -0.2) is 36.5 Å². The van der Waals surface area contributed by atoms with Crippen molar-refractivity contribution in [1.29, 1.82) is 0 Å². The van der Waals surface area contributed by atoms with Crippen molar-refractivity contribution >= 4 is 41.5 Å². The number of guanidine groups is 1. The van der Waals surface area contributed by atoms with Crippen LogP contribution in [0, 0.1) is 5.92 Å². The van der Waals surface area contributed by atoms with Gasteiger partial charge in [0.05, 0.1) is 0 Å². The highest BCUT2D eigenvalue weighted by molar-refractivity contribution is 14.0. The number of carbonyl (C=O) groups excluding carboxylic acids is 1. The van der Waals surface area contributed by atoms with Crippen LogP contribution >= 0.6 is 24.0 Å². The lowest BCUT2D eigenvalue weighted by Gasteiger charge is -2.26. The van der Waals surface area contributed by atoms with Gasteiger partial charge in [0.25, 0.3) is 0 Å². The molecular weight excluding hydrogens is 489 g/mol. The maximum absolute atomic E-state index is 12.1. The number of fused-ring (bicyclic) bond motifs is 1. The highest BCUT2D eigenvalue weighted by atomic mass is 127. The molecule has 1 aliphatic heterocycles. The number of nitrogens with zero attached hydrogens (tertiary/aromatic N) is 2. The van der Waals surface area contributed by atoms with Crippen LogP contribution in [0.2, 0.25) is 0 Å². The molecule has 3 rings (SSSR count). The topological polar surface area (TPSA) is 78.4 Å². The van der Waals surface area contributed by atoms with E-state index >= 15 is 0 Å². The molecule has 0 saturated heterocycles. The lowest BCUT2D eigenvalue weighted by molar-refractivity contribution is -0.116. The minimum Gasteiger partial charge on any atom is -0.357 e. The molecule has 0 spiro atoms. The van der Waals surface area contributed by atoms with E-state index in [2.05, 4.69) is 53.8 Å². The second-order valence-corrected chi connectivity index (χ2v) is 7.77. The Morgan fingerprint density at radius 2 is 2.03 bits per heavy atom. The summed E-state index contributed by atoms with van der Waals surface area (Å²) < 4.78 is 0. The van der Waals surface area contributed by atoms with Gasteiger partial charge in [0.2, 0.25) is 5.91 Å². The smallest absolute Gasteiger partial charge is 0.225 e. The van der Waals surface area contributed by atoms with Gasteiger partial charge in [-0.1, -0.05) is 38.1 Å². The minimum absolute atomic E-state index is 0. The number of carbonyl (C=O) groups is 1. The molecule has 30 heavy (non-hydrogen) atoms. The lowest BCUT2D eigenvalue weighted by Crippen LogP contribution is -2.41. The molecule has 7 heteroatoms. The van der Waals surface area contributed by atoms with Crippen LogP contribution in [0.25, 0.3) is 0 Å². The van der Waals surface area contributed by atoms with Gasteiger partial charge >= 0.3 is 0 Å². The van der Waals surface area contributed by atoms with E-state index in [0.29, 0.717) is 31.3 Å². The summed E-state index contributed by atoms with van der Waals surface area (Å²) in [7, 11) is 0. The number of hydrogen-bond acceptors (Lipinski definition) is 3. The molecule has 2 atom stereocenters. The molecule has 2 aromatic rings. The molecule has 0 radical (unpaired) electrons. The molecule has 6 nitrogen and oxygen atoms in total. The Bertz CT molecular complexity index is 840. The standard InChI is InChI=1S/C23H31N5O.HI/c1-4-25-23(27-15-20(16(2)3)17-8-7-11-24-13-17)26-14-18-12-22(29)28-21-10-6-5-9-19(18)21;/h5-11,13,16,18,20H,4,12,14-15H2,1-3H3,(H,28,29)(H2,25,26,27);1H. The van der Waals surface area contributed by atoms with E-state index in [-0.39, 0.29) is 35.8 Å². The average Bonchev–Trinajstić information content (AvgIpc) is 2.72. The Hall–Kier alpha value is -2.16. The van der Waals surface area contributed by atoms with E-state index in [0.717, 1.165) is 18.2 Å². The molecule has 0 bridgehead atoms. The Kier molecular flexibility index (Phi) is 9.55. The van der Waals surface area contributed by atoms with Crippen LogP contribution in [0.1, 0.15) is 50.2 Å². The van der Waals surface area contributed by atoms with E-state index in [1.54, 1.807) is 6.20 Å². The van der Waals surface area contributed by atoms with Crippen LogP contribution in [0.5, 0.6) is 0 Å². The van der Waals surface area contributed by atoms with Crippen molar-refractivity contribution in [3.8, 4) is 0 Å². The second kappa shape index (κ2) is 11.9. The van der Waals surface area contributed by atoms with Crippen molar-refractivity contribution < 1.29 is 4.79 Å². The highest BCUT2D eigenvalue weighted by Gasteiger charge is 2.25. The van der Waals surface area contributed by atoms with Gasteiger partial charge in [-0.25, -0.2) is 0 Å². The minimum atomic E-state index is 0. The number of nitrogens with one attached hydrogen (secondary N) is 3. The number of aliphatic imine (C=N–C) groups is 1. The van der Waals surface area contributed by atoms with Gasteiger partial charge in [-0.05, 0) is 36.1 Å². The van der Waals surface area contributed by atoms with Crippen molar-refractivity contribution in [2.24, 2.45) is 10.9 Å². The molecule has 1 aromatic carbocycles. The Balaban J connectivity index is 0.00000320. The molecule has 0 aliphatic carbocycles. The number of aromatic nitrogens is 1. The van der Waals surface area contributed by atoms with Crippen molar-refractivity contribution in [3.63, 3.8) is 0 Å². The number of hydrogen-bond donors (Lipinski definition) is 3. The summed E-state index contributed by atoms with van der Waals surface area (Å²) in [5.41, 5.74) is 3.29. The predicted octanol–water partition coefficient (Wildman–Crippen LogP) is 4.12. The molecule has 1 aliphatic rings. The average molecular weight is 521 g/mol. The highest BCUT2D eigenvalue weighted by Crippen LogP contribution is 2.31. The third-order valence-electron chi connectivity index (χ3n) is 5.33. The van der Waals surface area contributed by atoms with E-state index < -0.39 is 0 Å². The largest absolute Gasteiger partial charge is 0.357 e. The molecule has 1 amide bonds. The van der Waals surface area contributed by atoms with Crippen LogP contribution < -0.4 is 16.0 Å². The Labute approximate surface area is 196 Å². The summed E-state index contributed by atoms with van der Waals surface area (Å²) >= 11 is 0. The Morgan fingerprint density at radius 1 is 1.23 bits per heavy atom. The monoisotopic (exact) mass is 521 g/mol. The molecule has 1 aromatic heterocycles. The fourth-order valence-corrected chi connectivity index (χ4v) is 3.73. The predicted molar refractivity (Wildman–Crippen MR) is 134 cm³/mol. The van der Waals surface area contributed by atoms with Crippen molar-refractivity contribution in [2.45, 2.75) is 39.0 Å². The number of amides is 1. The molecular formula is C23H32IN5O. The van der Waals surface area contributed by atoms with E-state index in [9.17, 15) is 4.79 Å². The molecule has 2 heterocycles. The second-order valence-electron chi connectivity index (χ2n) is 7.77. The van der Waals surface area contributed by atoms with Gasteiger partial charge in [-0.3, -0.25) is 14.8 Å².